The van der Waals surface area contributed by atoms with Gasteiger partial charge in [0, 0.05) is 38.8 Å². The van der Waals surface area contributed by atoms with Gasteiger partial charge >= 0.3 is 0 Å². The molecule has 0 bridgehead atoms. The van der Waals surface area contributed by atoms with Crippen molar-refractivity contribution in [2.75, 3.05) is 32.8 Å². The van der Waals surface area contributed by atoms with Gasteiger partial charge in [-0.05, 0) is 25.3 Å². The van der Waals surface area contributed by atoms with Crippen LogP contribution in [0.15, 0.2) is 12.0 Å². The molecule has 1 aromatic rings. The molecule has 9 nitrogen and oxygen atoms in total. The number of aryl methyl sites for hydroxylation is 1. The summed E-state index contributed by atoms with van der Waals surface area (Å²) in [5, 5.41) is 2.58. The summed E-state index contributed by atoms with van der Waals surface area (Å²) in [6.07, 6.45) is 4.60. The van der Waals surface area contributed by atoms with E-state index in [4.69, 9.17) is 4.74 Å². The van der Waals surface area contributed by atoms with Gasteiger partial charge in [-0.2, -0.15) is 0 Å². The molecule has 2 aliphatic heterocycles. The van der Waals surface area contributed by atoms with Crippen LogP contribution in [-0.4, -0.2) is 76.0 Å². The van der Waals surface area contributed by atoms with Crippen LogP contribution in [-0.2, 0) is 25.7 Å². The first kappa shape index (κ1) is 22.2. The Bertz CT molecular complexity index is 844. The van der Waals surface area contributed by atoms with Crippen LogP contribution in [0.2, 0.25) is 0 Å². The number of hydrogen-bond acceptors (Lipinski definition) is 6. The van der Waals surface area contributed by atoms with Crippen molar-refractivity contribution in [1.82, 2.24) is 24.7 Å². The minimum absolute atomic E-state index is 0.0795. The molecule has 1 aromatic heterocycles. The van der Waals surface area contributed by atoms with Crippen LogP contribution in [0, 0.1) is 0 Å². The molecule has 0 spiro atoms. The standard InChI is InChI=1S/C21H31N5O4/c1-14(2)20-17(10-18-21(29)26(16(4)27)12-19(28)23-18)22-13-25(20)7-5-6-24-8-9-30-15(3)11-24/h10,13-15H,5-9,11-12H2,1-4H3,(H,23,28)/b18-10-/t15-/m0/s1. The molecule has 0 radical (unpaired) electrons. The van der Waals surface area contributed by atoms with E-state index in [1.54, 1.807) is 12.4 Å². The van der Waals surface area contributed by atoms with Gasteiger partial charge in [0.15, 0.2) is 0 Å². The monoisotopic (exact) mass is 417 g/mol. The smallest absolute Gasteiger partial charge is 0.277 e. The number of carbonyl (C=O) groups excluding carboxylic acids is 3. The maximum absolute atomic E-state index is 12.6. The average molecular weight is 418 g/mol. The van der Waals surface area contributed by atoms with E-state index in [0.717, 1.165) is 49.8 Å². The van der Waals surface area contributed by atoms with Crippen LogP contribution in [0.1, 0.15) is 51.4 Å². The number of imide groups is 1. The quantitative estimate of drug-likeness (QED) is 0.693. The molecule has 2 aliphatic rings. The van der Waals surface area contributed by atoms with Gasteiger partial charge in [0.2, 0.25) is 11.8 Å². The number of imidazole rings is 1. The SMILES string of the molecule is CC(=O)N1CC(=O)N/C(=C\c2ncn(CCCN3CCO[C@@H](C)C3)c2C(C)C)C1=O. The second kappa shape index (κ2) is 9.53. The molecular weight excluding hydrogens is 386 g/mol. The fourth-order valence-electron chi connectivity index (χ4n) is 3.98. The zero-order chi connectivity index (χ0) is 21.8. The van der Waals surface area contributed by atoms with Crippen LogP contribution >= 0.6 is 0 Å². The molecule has 0 aliphatic carbocycles. The van der Waals surface area contributed by atoms with Crippen molar-refractivity contribution < 1.29 is 19.1 Å². The Morgan fingerprint density at radius 3 is 2.80 bits per heavy atom. The highest BCUT2D eigenvalue weighted by molar-refractivity contribution is 6.12. The molecule has 164 valence electrons. The molecule has 1 N–H and O–H groups in total. The van der Waals surface area contributed by atoms with Gasteiger partial charge in [0.1, 0.15) is 12.2 Å². The molecule has 2 fully saturated rings. The van der Waals surface area contributed by atoms with E-state index in [-0.39, 0.29) is 30.2 Å². The first-order chi connectivity index (χ1) is 14.3. The third kappa shape index (κ3) is 5.14. The molecule has 9 heteroatoms. The largest absolute Gasteiger partial charge is 0.376 e. The van der Waals surface area contributed by atoms with Gasteiger partial charge in [-0.1, -0.05) is 13.8 Å². The highest BCUT2D eigenvalue weighted by Gasteiger charge is 2.31. The number of nitrogens with one attached hydrogen (secondary N) is 1. The van der Waals surface area contributed by atoms with Crippen molar-refractivity contribution in [2.24, 2.45) is 0 Å². The Kier molecular flexibility index (Phi) is 7.04. The minimum Gasteiger partial charge on any atom is -0.376 e. The lowest BCUT2D eigenvalue weighted by atomic mass is 10.1. The van der Waals surface area contributed by atoms with Crippen molar-refractivity contribution in [1.29, 1.82) is 0 Å². The number of morpholine rings is 1. The van der Waals surface area contributed by atoms with E-state index in [1.165, 1.54) is 6.92 Å². The Morgan fingerprint density at radius 1 is 1.37 bits per heavy atom. The molecule has 3 heterocycles. The van der Waals surface area contributed by atoms with Crippen molar-refractivity contribution in [3.8, 4) is 0 Å². The maximum atomic E-state index is 12.6. The number of rotatable bonds is 6. The molecule has 1 atom stereocenters. The van der Waals surface area contributed by atoms with Crippen molar-refractivity contribution in [3.05, 3.63) is 23.4 Å². The van der Waals surface area contributed by atoms with Gasteiger partial charge in [0.25, 0.3) is 5.91 Å². The van der Waals surface area contributed by atoms with Gasteiger partial charge in [-0.25, -0.2) is 4.98 Å². The van der Waals surface area contributed by atoms with E-state index >= 15 is 0 Å². The van der Waals surface area contributed by atoms with Crippen LogP contribution < -0.4 is 5.32 Å². The van der Waals surface area contributed by atoms with Gasteiger partial charge in [-0.3, -0.25) is 24.2 Å². The van der Waals surface area contributed by atoms with Gasteiger partial charge < -0.3 is 14.6 Å². The molecule has 2 saturated heterocycles. The zero-order valence-corrected chi connectivity index (χ0v) is 18.2. The molecule has 0 aromatic carbocycles. The Balaban J connectivity index is 1.73. The molecule has 0 saturated carbocycles. The number of nitrogens with zero attached hydrogens (tertiary/aromatic N) is 4. The first-order valence-corrected chi connectivity index (χ1v) is 10.5. The van der Waals surface area contributed by atoms with E-state index in [1.807, 2.05) is 0 Å². The van der Waals surface area contributed by atoms with E-state index < -0.39 is 11.8 Å². The fourth-order valence-corrected chi connectivity index (χ4v) is 3.98. The second-order valence-electron chi connectivity index (χ2n) is 8.22. The molecule has 0 unspecified atom stereocenters. The first-order valence-electron chi connectivity index (χ1n) is 10.5. The third-order valence-electron chi connectivity index (χ3n) is 5.37. The molecule has 3 amide bonds. The summed E-state index contributed by atoms with van der Waals surface area (Å²) in [4.78, 5) is 44.0. The van der Waals surface area contributed by atoms with Gasteiger partial charge in [-0.15, -0.1) is 0 Å². The number of piperazine rings is 1. The normalized spacial score (nSPS) is 22.1. The minimum atomic E-state index is -0.507. The summed E-state index contributed by atoms with van der Waals surface area (Å²) in [5.74, 6) is -1.16. The summed E-state index contributed by atoms with van der Waals surface area (Å²) < 4.78 is 7.70. The number of hydrogen-bond donors (Lipinski definition) is 1. The van der Waals surface area contributed by atoms with Crippen molar-refractivity contribution in [3.63, 3.8) is 0 Å². The van der Waals surface area contributed by atoms with Crippen molar-refractivity contribution >= 4 is 23.8 Å². The van der Waals surface area contributed by atoms with Crippen LogP contribution in [0.5, 0.6) is 0 Å². The number of carbonyl (C=O) groups is 3. The van der Waals surface area contributed by atoms with Crippen LogP contribution in [0.25, 0.3) is 6.08 Å². The van der Waals surface area contributed by atoms with Crippen LogP contribution in [0.4, 0.5) is 0 Å². The topological polar surface area (TPSA) is 96.8 Å². The van der Waals surface area contributed by atoms with Crippen molar-refractivity contribution in [2.45, 2.75) is 52.7 Å². The summed E-state index contributed by atoms with van der Waals surface area (Å²) in [5.41, 5.74) is 1.72. The highest BCUT2D eigenvalue weighted by atomic mass is 16.5. The number of aromatic nitrogens is 2. The lowest BCUT2D eigenvalue weighted by molar-refractivity contribution is -0.147. The van der Waals surface area contributed by atoms with E-state index in [9.17, 15) is 14.4 Å². The molecule has 30 heavy (non-hydrogen) atoms. The number of amides is 3. The Morgan fingerprint density at radius 2 is 2.13 bits per heavy atom. The highest BCUT2D eigenvalue weighted by Crippen LogP contribution is 2.22. The summed E-state index contributed by atoms with van der Waals surface area (Å²) >= 11 is 0. The van der Waals surface area contributed by atoms with Gasteiger partial charge in [0.05, 0.1) is 24.7 Å². The van der Waals surface area contributed by atoms with E-state index in [0.29, 0.717) is 5.69 Å². The summed E-state index contributed by atoms with van der Waals surface area (Å²) in [6.45, 7) is 11.7. The Hall–Kier alpha value is -2.52. The van der Waals surface area contributed by atoms with E-state index in [2.05, 4.69) is 40.5 Å². The lowest BCUT2D eigenvalue weighted by Crippen LogP contribution is -2.51. The zero-order valence-electron chi connectivity index (χ0n) is 18.2. The predicted molar refractivity (Wildman–Crippen MR) is 111 cm³/mol. The maximum Gasteiger partial charge on any atom is 0.277 e. The third-order valence-corrected chi connectivity index (χ3v) is 5.37. The van der Waals surface area contributed by atoms with Crippen LogP contribution in [0.3, 0.4) is 0 Å². The summed E-state index contributed by atoms with van der Waals surface area (Å²) in [7, 11) is 0. The average Bonchev–Trinajstić information content (AvgIpc) is 3.07. The summed E-state index contributed by atoms with van der Waals surface area (Å²) in [6, 6.07) is 0. The number of ether oxygens (including phenoxy) is 1. The Labute approximate surface area is 177 Å². The molecular formula is C21H31N5O4. The predicted octanol–water partition coefficient (Wildman–Crippen LogP) is 0.963. The fraction of sp³-hybridized carbons (Fsp3) is 0.619. The molecule has 3 rings (SSSR count). The second-order valence-corrected chi connectivity index (χ2v) is 8.22. The lowest BCUT2D eigenvalue weighted by Gasteiger charge is -2.31.